The Balaban J connectivity index is 1.37. The molecule has 0 bridgehead atoms. The van der Waals surface area contributed by atoms with Crippen LogP contribution >= 0.6 is 0 Å². The van der Waals surface area contributed by atoms with E-state index in [9.17, 15) is 24.6 Å². The van der Waals surface area contributed by atoms with Crippen molar-refractivity contribution in [2.24, 2.45) is 11.8 Å². The summed E-state index contributed by atoms with van der Waals surface area (Å²) in [4.78, 5) is 43.1. The summed E-state index contributed by atoms with van der Waals surface area (Å²) in [5.74, 6) is -1.87. The molecule has 0 radical (unpaired) electrons. The normalized spacial score (nSPS) is 20.8. The highest BCUT2D eigenvalue weighted by Crippen LogP contribution is 2.29. The molecule has 2 saturated heterocycles. The molecule has 13 heteroatoms. The van der Waals surface area contributed by atoms with Crippen LogP contribution in [0.25, 0.3) is 11.3 Å². The molecule has 2 amide bonds. The number of hydrogen-bond acceptors (Lipinski definition) is 8. The Morgan fingerprint density at radius 3 is 2.40 bits per heavy atom. The van der Waals surface area contributed by atoms with E-state index in [1.165, 1.54) is 9.58 Å². The van der Waals surface area contributed by atoms with Crippen molar-refractivity contribution in [2.75, 3.05) is 26.2 Å². The van der Waals surface area contributed by atoms with Gasteiger partial charge in [0.15, 0.2) is 0 Å². The van der Waals surface area contributed by atoms with Crippen LogP contribution in [-0.2, 0) is 20.9 Å². The van der Waals surface area contributed by atoms with Crippen LogP contribution < -0.4 is 5.32 Å². The number of β-amino-alcohol motifs (C(OH)–C–C–N with tert-alkyl or cyclic N) is 1. The maximum Gasteiger partial charge on any atom is 0.306 e. The number of carboxylic acids is 1. The van der Waals surface area contributed by atoms with E-state index < -0.39 is 30.2 Å². The largest absolute Gasteiger partial charge is 0.481 e. The second kappa shape index (κ2) is 13.9. The van der Waals surface area contributed by atoms with Gasteiger partial charge in [0, 0.05) is 38.4 Å². The molecule has 3 aromatic rings. The van der Waals surface area contributed by atoms with Crippen LogP contribution in [0.5, 0.6) is 0 Å². The molecule has 1 aromatic carbocycles. The number of hydrogen-bond donors (Lipinski definition) is 3. The lowest BCUT2D eigenvalue weighted by Gasteiger charge is -2.34. The smallest absolute Gasteiger partial charge is 0.306 e. The summed E-state index contributed by atoms with van der Waals surface area (Å²) in [6.45, 7) is 10.2. The van der Waals surface area contributed by atoms with E-state index in [4.69, 9.17) is 0 Å². The lowest BCUT2D eigenvalue weighted by Crippen LogP contribution is -2.51. The van der Waals surface area contributed by atoms with Crippen molar-refractivity contribution in [1.29, 1.82) is 0 Å². The third-order valence-electron chi connectivity index (χ3n) is 8.98. The molecule has 2 aliphatic rings. The van der Waals surface area contributed by atoms with Crippen molar-refractivity contribution in [1.82, 2.24) is 39.9 Å². The predicted molar refractivity (Wildman–Crippen MR) is 166 cm³/mol. The first-order valence-electron chi connectivity index (χ1n) is 15.8. The molecule has 0 unspecified atom stereocenters. The topological polar surface area (TPSA) is 159 Å². The van der Waals surface area contributed by atoms with Crippen LogP contribution in [0.1, 0.15) is 63.4 Å². The van der Waals surface area contributed by atoms with Crippen LogP contribution in [0, 0.1) is 18.8 Å². The number of carboxylic acid groups (broad SMARTS) is 1. The maximum atomic E-state index is 14.0. The minimum absolute atomic E-state index is 0.0565. The summed E-state index contributed by atoms with van der Waals surface area (Å²) < 4.78 is 3.46. The van der Waals surface area contributed by atoms with Crippen molar-refractivity contribution in [3.8, 4) is 11.3 Å². The molecule has 2 aromatic heterocycles. The number of piperidine rings is 1. The van der Waals surface area contributed by atoms with Crippen LogP contribution in [0.15, 0.2) is 42.7 Å². The maximum absolute atomic E-state index is 14.0. The molecule has 2 aliphatic heterocycles. The van der Waals surface area contributed by atoms with Gasteiger partial charge in [-0.25, -0.2) is 4.68 Å². The zero-order valence-corrected chi connectivity index (χ0v) is 26.4. The van der Waals surface area contributed by atoms with Crippen LogP contribution in [0.3, 0.4) is 0 Å². The standard InChI is InChI=1S/C32H44N8O5/c1-5-39-27(10-13-33-39)23-8-6-22(7-9-23)26(19-37-14-11-24(12-15-37)32(44)45)34-30(42)28-16-25(41)18-38(28)31(43)29(20(2)3)40-17-21(4)35-36-40/h6-10,13,17,20,24-26,28-29,41H,5,11-12,14-16,18-19H2,1-4H3,(H,34,42)(H,44,45)/t25-,26+,28+,29+/m1/s1. The monoisotopic (exact) mass is 620 g/mol. The van der Waals surface area contributed by atoms with E-state index in [0.717, 1.165) is 23.4 Å². The minimum Gasteiger partial charge on any atom is -0.481 e. The highest BCUT2D eigenvalue weighted by molar-refractivity contribution is 5.90. The van der Waals surface area contributed by atoms with Gasteiger partial charge >= 0.3 is 5.97 Å². The molecule has 2 fully saturated rings. The lowest BCUT2D eigenvalue weighted by atomic mass is 9.95. The van der Waals surface area contributed by atoms with Gasteiger partial charge in [-0.2, -0.15) is 5.10 Å². The summed E-state index contributed by atoms with van der Waals surface area (Å²) in [6, 6.07) is 8.04. The third kappa shape index (κ3) is 7.25. The number of aliphatic hydroxyl groups is 1. The first-order valence-corrected chi connectivity index (χ1v) is 15.8. The number of benzene rings is 1. The van der Waals surface area contributed by atoms with Gasteiger partial charge in [0.1, 0.15) is 12.1 Å². The van der Waals surface area contributed by atoms with Gasteiger partial charge in [-0.1, -0.05) is 43.3 Å². The van der Waals surface area contributed by atoms with Gasteiger partial charge in [0.05, 0.1) is 29.5 Å². The zero-order valence-electron chi connectivity index (χ0n) is 26.4. The lowest BCUT2D eigenvalue weighted by molar-refractivity contribution is -0.143. The number of aliphatic hydroxyl groups excluding tert-OH is 1. The fourth-order valence-corrected chi connectivity index (χ4v) is 6.52. The zero-order chi connectivity index (χ0) is 32.2. The summed E-state index contributed by atoms with van der Waals surface area (Å²) in [6.07, 6.45) is 3.89. The molecule has 13 nitrogen and oxygen atoms in total. The Morgan fingerprint density at radius 1 is 1.09 bits per heavy atom. The van der Waals surface area contributed by atoms with Crippen molar-refractivity contribution in [3.63, 3.8) is 0 Å². The Morgan fingerprint density at radius 2 is 1.80 bits per heavy atom. The Labute approximate surface area is 263 Å². The highest BCUT2D eigenvalue weighted by atomic mass is 16.4. The van der Waals surface area contributed by atoms with E-state index in [1.54, 1.807) is 19.3 Å². The molecular formula is C32H44N8O5. The molecule has 0 spiro atoms. The predicted octanol–water partition coefficient (Wildman–Crippen LogP) is 2.28. The van der Waals surface area contributed by atoms with Gasteiger partial charge in [-0.3, -0.25) is 19.1 Å². The number of aliphatic carboxylic acids is 1. The van der Waals surface area contributed by atoms with Gasteiger partial charge in [0.25, 0.3) is 0 Å². The van der Waals surface area contributed by atoms with Crippen LogP contribution in [-0.4, -0.2) is 101 Å². The first-order chi connectivity index (χ1) is 21.5. The van der Waals surface area contributed by atoms with Crippen LogP contribution in [0.2, 0.25) is 0 Å². The summed E-state index contributed by atoms with van der Waals surface area (Å²) in [5.41, 5.74) is 3.58. The first kappa shape index (κ1) is 32.3. The number of nitrogens with zero attached hydrogens (tertiary/aromatic N) is 7. The number of aromatic nitrogens is 5. The molecule has 0 saturated carbocycles. The SMILES string of the molecule is CCn1nccc1-c1ccc([C@H](CN2CCC(C(=O)O)CC2)NC(=O)[C@@H]2C[C@@H](O)CN2C(=O)[C@H](C(C)C)n2cc(C)nn2)cc1. The third-order valence-corrected chi connectivity index (χ3v) is 8.98. The fraction of sp³-hybridized carbons (Fsp3) is 0.562. The van der Waals surface area contributed by atoms with E-state index in [-0.39, 0.29) is 36.6 Å². The van der Waals surface area contributed by atoms with Gasteiger partial charge in [0.2, 0.25) is 11.8 Å². The Bertz CT molecular complexity index is 1480. The number of carbonyl (C=O) groups excluding carboxylic acids is 2. The summed E-state index contributed by atoms with van der Waals surface area (Å²) >= 11 is 0. The average Bonchev–Trinajstić information content (AvgIpc) is 3.77. The van der Waals surface area contributed by atoms with Crippen molar-refractivity contribution < 1.29 is 24.6 Å². The number of carbonyl (C=O) groups is 3. The van der Waals surface area contributed by atoms with E-state index in [0.29, 0.717) is 38.2 Å². The Kier molecular flexibility index (Phi) is 9.98. The summed E-state index contributed by atoms with van der Waals surface area (Å²) in [5, 5.41) is 35.8. The van der Waals surface area contributed by atoms with Gasteiger partial charge in [-0.15, -0.1) is 5.10 Å². The van der Waals surface area contributed by atoms with E-state index >= 15 is 0 Å². The van der Waals surface area contributed by atoms with Crippen molar-refractivity contribution in [2.45, 2.75) is 77.7 Å². The van der Waals surface area contributed by atoms with Crippen molar-refractivity contribution >= 4 is 17.8 Å². The number of amides is 2. The quantitative estimate of drug-likeness (QED) is 0.292. The fourth-order valence-electron chi connectivity index (χ4n) is 6.52. The molecule has 4 heterocycles. The number of rotatable bonds is 11. The molecule has 4 atom stereocenters. The molecule has 3 N–H and O–H groups in total. The summed E-state index contributed by atoms with van der Waals surface area (Å²) in [7, 11) is 0. The van der Waals surface area contributed by atoms with E-state index in [2.05, 4.69) is 25.6 Å². The molecular weight excluding hydrogens is 576 g/mol. The van der Waals surface area contributed by atoms with Gasteiger partial charge in [-0.05, 0) is 62.9 Å². The highest BCUT2D eigenvalue weighted by Gasteiger charge is 2.43. The number of likely N-dealkylation sites (tertiary alicyclic amines) is 2. The second-order valence-electron chi connectivity index (χ2n) is 12.6. The number of aryl methyl sites for hydroxylation is 2. The number of nitrogens with one attached hydrogen (secondary N) is 1. The van der Waals surface area contributed by atoms with Gasteiger partial charge < -0.3 is 25.3 Å². The van der Waals surface area contributed by atoms with E-state index in [1.807, 2.05) is 55.8 Å². The second-order valence-corrected chi connectivity index (χ2v) is 12.6. The molecule has 45 heavy (non-hydrogen) atoms. The minimum atomic E-state index is -0.850. The molecule has 242 valence electrons. The molecule has 5 rings (SSSR count). The van der Waals surface area contributed by atoms with Crippen molar-refractivity contribution in [3.05, 3.63) is 54.0 Å². The molecule has 0 aliphatic carbocycles. The van der Waals surface area contributed by atoms with Crippen LogP contribution in [0.4, 0.5) is 0 Å². The average molecular weight is 621 g/mol. The Hall–Kier alpha value is -4.10.